The van der Waals surface area contributed by atoms with Crippen LogP contribution in [0.3, 0.4) is 0 Å². The fourth-order valence-corrected chi connectivity index (χ4v) is 2.76. The van der Waals surface area contributed by atoms with Crippen LogP contribution < -0.4 is 4.74 Å². The van der Waals surface area contributed by atoms with E-state index in [4.69, 9.17) is 10.00 Å². The van der Waals surface area contributed by atoms with Gasteiger partial charge in [0.1, 0.15) is 24.7 Å². The van der Waals surface area contributed by atoms with Gasteiger partial charge in [-0.05, 0) is 61.2 Å². The molecule has 0 amide bonds. The van der Waals surface area contributed by atoms with Crippen molar-refractivity contribution in [2.45, 2.75) is 40.3 Å². The molecule has 4 nitrogen and oxygen atoms in total. The van der Waals surface area contributed by atoms with Crippen molar-refractivity contribution in [3.63, 3.8) is 0 Å². The van der Waals surface area contributed by atoms with Crippen LogP contribution in [0.5, 0.6) is 5.75 Å². The van der Waals surface area contributed by atoms with Crippen LogP contribution in [0.4, 0.5) is 0 Å². The van der Waals surface area contributed by atoms with Crippen molar-refractivity contribution in [3.05, 3.63) is 58.9 Å². The molecule has 0 saturated carbocycles. The van der Waals surface area contributed by atoms with Gasteiger partial charge in [-0.3, -0.25) is 0 Å². The van der Waals surface area contributed by atoms with Gasteiger partial charge in [0.25, 0.3) is 0 Å². The van der Waals surface area contributed by atoms with E-state index in [0.29, 0.717) is 6.61 Å². The lowest BCUT2D eigenvalue weighted by Gasteiger charge is -2.08. The molecule has 0 spiro atoms. The number of benzene rings is 2. The second kappa shape index (κ2) is 6.76. The zero-order valence-electron chi connectivity index (χ0n) is 14.3. The Balaban J connectivity index is 1.90. The number of aromatic nitrogens is 2. The van der Waals surface area contributed by atoms with Gasteiger partial charge in [-0.25, -0.2) is 4.98 Å². The highest BCUT2D eigenvalue weighted by molar-refractivity contribution is 5.78. The summed E-state index contributed by atoms with van der Waals surface area (Å²) in [4.78, 5) is 4.67. The topological polar surface area (TPSA) is 50.8 Å². The summed E-state index contributed by atoms with van der Waals surface area (Å²) in [6, 6.07) is 14.5. The summed E-state index contributed by atoms with van der Waals surface area (Å²) >= 11 is 0. The molecule has 0 unspecified atom stereocenters. The van der Waals surface area contributed by atoms with Crippen molar-refractivity contribution < 1.29 is 4.74 Å². The van der Waals surface area contributed by atoms with Gasteiger partial charge in [0, 0.05) is 0 Å². The summed E-state index contributed by atoms with van der Waals surface area (Å²) in [5.41, 5.74) is 5.58. The van der Waals surface area contributed by atoms with Crippen molar-refractivity contribution >= 4 is 11.0 Å². The molecule has 0 aliphatic rings. The maximum Gasteiger partial charge on any atom is 0.148 e. The molecule has 0 saturated heterocycles. The van der Waals surface area contributed by atoms with Crippen LogP contribution in [0.25, 0.3) is 11.0 Å². The molecule has 122 valence electrons. The summed E-state index contributed by atoms with van der Waals surface area (Å²) in [5, 5.41) is 9.15. The Morgan fingerprint density at radius 1 is 1.12 bits per heavy atom. The number of hydrogen-bond donors (Lipinski definition) is 0. The zero-order valence-corrected chi connectivity index (χ0v) is 14.3. The molecule has 1 aromatic heterocycles. The van der Waals surface area contributed by atoms with E-state index in [1.807, 2.05) is 16.7 Å². The van der Waals surface area contributed by atoms with Gasteiger partial charge < -0.3 is 9.30 Å². The number of aryl methyl sites for hydroxylation is 3. The molecule has 3 aromatic rings. The molecule has 1 heterocycles. The predicted octanol–water partition coefficient (Wildman–Crippen LogP) is 4.32. The highest BCUT2D eigenvalue weighted by Gasteiger charge is 2.12. The first-order chi connectivity index (χ1) is 11.6. The second-order valence-corrected chi connectivity index (χ2v) is 5.98. The molecule has 2 aromatic carbocycles. The van der Waals surface area contributed by atoms with Crippen molar-refractivity contribution in [2.24, 2.45) is 0 Å². The Hall–Kier alpha value is -2.80. The smallest absolute Gasteiger partial charge is 0.148 e. The Bertz CT molecular complexity index is 901. The summed E-state index contributed by atoms with van der Waals surface area (Å²) in [5.74, 6) is 1.59. The van der Waals surface area contributed by atoms with Gasteiger partial charge in [-0.2, -0.15) is 5.26 Å². The number of ether oxygens (including phenoxy) is 1. The van der Waals surface area contributed by atoms with Crippen LogP contribution in [0.15, 0.2) is 36.4 Å². The van der Waals surface area contributed by atoms with E-state index >= 15 is 0 Å². The SMILES string of the molecule is CCc1ccc(OCc2nc3cc(C)c(C)cc3n2CC#N)cc1. The Kier molecular flexibility index (Phi) is 4.52. The van der Waals surface area contributed by atoms with Crippen LogP contribution in [0.1, 0.15) is 29.4 Å². The summed E-state index contributed by atoms with van der Waals surface area (Å²) in [7, 11) is 0. The van der Waals surface area contributed by atoms with Gasteiger partial charge in [-0.15, -0.1) is 0 Å². The second-order valence-electron chi connectivity index (χ2n) is 5.98. The highest BCUT2D eigenvalue weighted by Crippen LogP contribution is 2.22. The minimum absolute atomic E-state index is 0.270. The lowest BCUT2D eigenvalue weighted by molar-refractivity contribution is 0.291. The third-order valence-electron chi connectivity index (χ3n) is 4.37. The quantitative estimate of drug-likeness (QED) is 0.704. The zero-order chi connectivity index (χ0) is 17.1. The van der Waals surface area contributed by atoms with Gasteiger partial charge in [-0.1, -0.05) is 19.1 Å². The highest BCUT2D eigenvalue weighted by atomic mass is 16.5. The van der Waals surface area contributed by atoms with Crippen molar-refractivity contribution in [3.8, 4) is 11.8 Å². The maximum absolute atomic E-state index is 9.15. The largest absolute Gasteiger partial charge is 0.486 e. The summed E-state index contributed by atoms with van der Waals surface area (Å²) in [6.45, 7) is 6.89. The number of rotatable bonds is 5. The average Bonchev–Trinajstić information content (AvgIpc) is 2.91. The van der Waals surface area contributed by atoms with E-state index in [1.165, 1.54) is 16.7 Å². The molecule has 3 rings (SSSR count). The van der Waals surface area contributed by atoms with Crippen molar-refractivity contribution in [1.29, 1.82) is 5.26 Å². The molecule has 24 heavy (non-hydrogen) atoms. The van der Waals surface area contributed by atoms with Crippen LogP contribution in [-0.2, 0) is 19.6 Å². The number of nitrogens with zero attached hydrogens (tertiary/aromatic N) is 3. The normalized spacial score (nSPS) is 10.8. The average molecular weight is 319 g/mol. The third kappa shape index (κ3) is 3.11. The number of imidazole rings is 1. The molecular formula is C20H21N3O. The van der Waals surface area contributed by atoms with Crippen LogP contribution in [0.2, 0.25) is 0 Å². The molecule has 0 atom stereocenters. The van der Waals surface area contributed by atoms with Crippen molar-refractivity contribution in [1.82, 2.24) is 9.55 Å². The standard InChI is InChI=1S/C20H21N3O/c1-4-16-5-7-17(8-6-16)24-13-20-22-18-11-14(2)15(3)12-19(18)23(20)10-9-21/h5-8,11-12H,4,10,13H2,1-3H3. The molecule has 0 aliphatic heterocycles. The predicted molar refractivity (Wildman–Crippen MR) is 95.0 cm³/mol. The van der Waals surface area contributed by atoms with Crippen LogP contribution in [-0.4, -0.2) is 9.55 Å². The van der Waals surface area contributed by atoms with E-state index in [9.17, 15) is 0 Å². The van der Waals surface area contributed by atoms with Crippen molar-refractivity contribution in [2.75, 3.05) is 0 Å². The summed E-state index contributed by atoms with van der Waals surface area (Å²) < 4.78 is 7.81. The lowest BCUT2D eigenvalue weighted by atomic mass is 10.1. The number of hydrogen-bond acceptors (Lipinski definition) is 3. The monoisotopic (exact) mass is 319 g/mol. The minimum Gasteiger partial charge on any atom is -0.486 e. The third-order valence-corrected chi connectivity index (χ3v) is 4.37. The van der Waals surface area contributed by atoms with E-state index in [1.54, 1.807) is 0 Å². The maximum atomic E-state index is 9.15. The van der Waals surface area contributed by atoms with Gasteiger partial charge in [0.2, 0.25) is 0 Å². The fraction of sp³-hybridized carbons (Fsp3) is 0.300. The number of nitriles is 1. The molecule has 0 fully saturated rings. The van der Waals surface area contributed by atoms with E-state index in [2.05, 4.69) is 56.1 Å². The van der Waals surface area contributed by atoms with Gasteiger partial charge in [0.05, 0.1) is 17.1 Å². The lowest BCUT2D eigenvalue weighted by Crippen LogP contribution is -2.06. The number of fused-ring (bicyclic) bond motifs is 1. The molecule has 4 heteroatoms. The van der Waals surface area contributed by atoms with E-state index in [0.717, 1.165) is 29.0 Å². The molecule has 0 radical (unpaired) electrons. The Morgan fingerprint density at radius 3 is 2.50 bits per heavy atom. The van der Waals surface area contributed by atoms with Gasteiger partial charge >= 0.3 is 0 Å². The first-order valence-corrected chi connectivity index (χ1v) is 8.17. The molecule has 0 aliphatic carbocycles. The van der Waals surface area contributed by atoms with Crippen LogP contribution in [0, 0.1) is 25.2 Å². The first-order valence-electron chi connectivity index (χ1n) is 8.17. The summed E-state index contributed by atoms with van der Waals surface area (Å²) in [6.07, 6.45) is 1.01. The molecule has 0 bridgehead atoms. The fourth-order valence-electron chi connectivity index (χ4n) is 2.76. The van der Waals surface area contributed by atoms with E-state index < -0.39 is 0 Å². The molecule has 0 N–H and O–H groups in total. The van der Waals surface area contributed by atoms with Gasteiger partial charge in [0.15, 0.2) is 0 Å². The minimum atomic E-state index is 0.270. The first kappa shape index (κ1) is 16.1. The van der Waals surface area contributed by atoms with Crippen LogP contribution >= 0.6 is 0 Å². The Labute approximate surface area is 142 Å². The van der Waals surface area contributed by atoms with E-state index in [-0.39, 0.29) is 6.54 Å². The molecular weight excluding hydrogens is 298 g/mol. The Morgan fingerprint density at radius 2 is 1.83 bits per heavy atom.